The Kier molecular flexibility index (Phi) is 7.96. The summed E-state index contributed by atoms with van der Waals surface area (Å²) in [5, 5.41) is 3.53. The highest BCUT2D eigenvalue weighted by atomic mass is 16.5. The molecule has 3 heteroatoms. The molecule has 1 rings (SSSR count). The van der Waals surface area contributed by atoms with Crippen molar-refractivity contribution < 1.29 is 9.47 Å². The van der Waals surface area contributed by atoms with Crippen molar-refractivity contribution >= 4 is 0 Å². The fourth-order valence-electron chi connectivity index (χ4n) is 2.49. The van der Waals surface area contributed by atoms with Crippen LogP contribution in [0.2, 0.25) is 0 Å². The molecule has 1 N–H and O–H groups in total. The lowest BCUT2D eigenvalue weighted by Crippen LogP contribution is -2.36. The first-order valence-corrected chi connectivity index (χ1v) is 7.86. The van der Waals surface area contributed by atoms with Crippen molar-refractivity contribution in [2.24, 2.45) is 17.3 Å². The molecule has 1 aliphatic rings. The lowest BCUT2D eigenvalue weighted by atomic mass is 9.81. The number of hydrogen-bond donors (Lipinski definition) is 1. The zero-order valence-corrected chi connectivity index (χ0v) is 13.3. The molecule has 1 saturated carbocycles. The molecule has 0 spiro atoms. The van der Waals surface area contributed by atoms with Gasteiger partial charge in [0.25, 0.3) is 0 Å². The summed E-state index contributed by atoms with van der Waals surface area (Å²) in [4.78, 5) is 0. The van der Waals surface area contributed by atoms with Gasteiger partial charge in [-0.3, -0.25) is 0 Å². The lowest BCUT2D eigenvalue weighted by Gasteiger charge is -2.30. The second-order valence-corrected chi connectivity index (χ2v) is 6.64. The van der Waals surface area contributed by atoms with Gasteiger partial charge in [-0.1, -0.05) is 20.8 Å². The number of methoxy groups -OCH3 is 1. The van der Waals surface area contributed by atoms with Gasteiger partial charge >= 0.3 is 0 Å². The molecule has 1 atom stereocenters. The molecule has 0 saturated heterocycles. The topological polar surface area (TPSA) is 30.5 Å². The van der Waals surface area contributed by atoms with Gasteiger partial charge in [0.15, 0.2) is 0 Å². The van der Waals surface area contributed by atoms with Crippen molar-refractivity contribution in [2.75, 3.05) is 40.0 Å². The van der Waals surface area contributed by atoms with Gasteiger partial charge in [0, 0.05) is 33.4 Å². The summed E-state index contributed by atoms with van der Waals surface area (Å²) < 4.78 is 10.9. The Morgan fingerprint density at radius 1 is 1.21 bits per heavy atom. The van der Waals surface area contributed by atoms with Gasteiger partial charge in [0.2, 0.25) is 0 Å². The third-order valence-electron chi connectivity index (χ3n) is 4.23. The molecule has 0 bridgehead atoms. The minimum absolute atomic E-state index is 0.408. The van der Waals surface area contributed by atoms with E-state index in [0.29, 0.717) is 5.41 Å². The molecule has 1 unspecified atom stereocenters. The largest absolute Gasteiger partial charge is 0.383 e. The van der Waals surface area contributed by atoms with Crippen LogP contribution in [0.4, 0.5) is 0 Å². The minimum Gasteiger partial charge on any atom is -0.383 e. The molecule has 1 fully saturated rings. The quantitative estimate of drug-likeness (QED) is 0.553. The van der Waals surface area contributed by atoms with Crippen molar-refractivity contribution in [3.63, 3.8) is 0 Å². The van der Waals surface area contributed by atoms with Crippen LogP contribution >= 0.6 is 0 Å². The summed E-state index contributed by atoms with van der Waals surface area (Å²) in [5.74, 6) is 1.64. The number of ether oxygens (including phenoxy) is 2. The van der Waals surface area contributed by atoms with E-state index < -0.39 is 0 Å². The molecule has 0 aliphatic heterocycles. The second kappa shape index (κ2) is 8.93. The Balaban J connectivity index is 2.15. The van der Waals surface area contributed by atoms with E-state index in [2.05, 4.69) is 26.1 Å². The van der Waals surface area contributed by atoms with E-state index in [1.54, 1.807) is 7.11 Å². The number of nitrogens with one attached hydrogen (secondary N) is 1. The maximum Gasteiger partial charge on any atom is 0.0587 e. The Morgan fingerprint density at radius 2 is 1.95 bits per heavy atom. The van der Waals surface area contributed by atoms with Crippen LogP contribution in [0.5, 0.6) is 0 Å². The van der Waals surface area contributed by atoms with Gasteiger partial charge in [-0.05, 0) is 42.9 Å². The summed E-state index contributed by atoms with van der Waals surface area (Å²) in [6.45, 7) is 11.6. The average molecular weight is 271 g/mol. The van der Waals surface area contributed by atoms with Gasteiger partial charge in [0.05, 0.1) is 6.61 Å². The fourth-order valence-corrected chi connectivity index (χ4v) is 2.49. The minimum atomic E-state index is 0.408. The van der Waals surface area contributed by atoms with Gasteiger partial charge in [0.1, 0.15) is 0 Å². The molecule has 0 aromatic carbocycles. The number of rotatable bonds is 12. The van der Waals surface area contributed by atoms with Crippen molar-refractivity contribution in [2.45, 2.75) is 46.5 Å². The molecule has 1 aliphatic carbocycles. The second-order valence-electron chi connectivity index (χ2n) is 6.64. The first-order chi connectivity index (χ1) is 9.08. The van der Waals surface area contributed by atoms with Gasteiger partial charge in [-0.15, -0.1) is 0 Å². The molecular formula is C16H33NO2. The molecule has 19 heavy (non-hydrogen) atoms. The zero-order chi connectivity index (χ0) is 14.1. The third-order valence-corrected chi connectivity index (χ3v) is 4.23. The van der Waals surface area contributed by atoms with Crippen LogP contribution in [0.3, 0.4) is 0 Å². The van der Waals surface area contributed by atoms with E-state index in [9.17, 15) is 0 Å². The lowest BCUT2D eigenvalue weighted by molar-refractivity contribution is 0.0823. The van der Waals surface area contributed by atoms with Gasteiger partial charge in [-0.25, -0.2) is 0 Å². The van der Waals surface area contributed by atoms with Crippen LogP contribution in [-0.2, 0) is 9.47 Å². The van der Waals surface area contributed by atoms with Crippen LogP contribution in [-0.4, -0.2) is 40.0 Å². The zero-order valence-electron chi connectivity index (χ0n) is 13.3. The Morgan fingerprint density at radius 3 is 2.53 bits per heavy atom. The standard InChI is InChI=1S/C16H33NO2/c1-14(2)7-10-19-11-8-16(3,15-5-6-15)13-17-9-12-18-4/h14-15,17H,5-13H2,1-4H3. The maximum absolute atomic E-state index is 5.79. The predicted molar refractivity (Wildman–Crippen MR) is 80.5 cm³/mol. The first kappa shape index (κ1) is 16.9. The summed E-state index contributed by atoms with van der Waals surface area (Å²) in [6.07, 6.45) is 5.14. The molecule has 114 valence electrons. The van der Waals surface area contributed by atoms with E-state index >= 15 is 0 Å². The fraction of sp³-hybridized carbons (Fsp3) is 1.00. The van der Waals surface area contributed by atoms with Crippen molar-refractivity contribution in [1.29, 1.82) is 0 Å². The van der Waals surface area contributed by atoms with Crippen LogP contribution in [0.15, 0.2) is 0 Å². The molecule has 0 heterocycles. The molecule has 0 amide bonds. The molecule has 0 radical (unpaired) electrons. The van der Waals surface area contributed by atoms with Crippen molar-refractivity contribution in [3.05, 3.63) is 0 Å². The summed E-state index contributed by atoms with van der Waals surface area (Å²) in [5.41, 5.74) is 0.408. The van der Waals surface area contributed by atoms with Crippen LogP contribution < -0.4 is 5.32 Å². The Bertz CT molecular complexity index is 229. The first-order valence-electron chi connectivity index (χ1n) is 7.86. The van der Waals surface area contributed by atoms with Crippen LogP contribution in [0.1, 0.15) is 46.5 Å². The highest BCUT2D eigenvalue weighted by Gasteiger charge is 2.40. The van der Waals surface area contributed by atoms with E-state index in [1.807, 2.05) is 0 Å². The highest BCUT2D eigenvalue weighted by molar-refractivity contribution is 4.92. The smallest absolute Gasteiger partial charge is 0.0587 e. The third kappa shape index (κ3) is 7.28. The van der Waals surface area contributed by atoms with Gasteiger partial charge < -0.3 is 14.8 Å². The summed E-state index contributed by atoms with van der Waals surface area (Å²) >= 11 is 0. The molecule has 0 aromatic rings. The van der Waals surface area contributed by atoms with E-state index in [-0.39, 0.29) is 0 Å². The van der Waals surface area contributed by atoms with E-state index in [4.69, 9.17) is 9.47 Å². The number of hydrogen-bond acceptors (Lipinski definition) is 3. The van der Waals surface area contributed by atoms with Crippen LogP contribution in [0.25, 0.3) is 0 Å². The monoisotopic (exact) mass is 271 g/mol. The van der Waals surface area contributed by atoms with Crippen LogP contribution in [0, 0.1) is 17.3 Å². The molecular weight excluding hydrogens is 238 g/mol. The Labute approximate surface area is 119 Å². The van der Waals surface area contributed by atoms with E-state index in [0.717, 1.165) is 44.7 Å². The SMILES string of the molecule is COCCNCC(C)(CCOCCC(C)C)C1CC1. The normalized spacial score (nSPS) is 18.8. The Hall–Kier alpha value is -0.120. The summed E-state index contributed by atoms with van der Waals surface area (Å²) in [7, 11) is 1.75. The maximum atomic E-state index is 5.79. The highest BCUT2D eigenvalue weighted by Crippen LogP contribution is 2.47. The van der Waals surface area contributed by atoms with E-state index in [1.165, 1.54) is 25.7 Å². The van der Waals surface area contributed by atoms with Crippen molar-refractivity contribution in [1.82, 2.24) is 5.32 Å². The molecule has 0 aromatic heterocycles. The van der Waals surface area contributed by atoms with Crippen molar-refractivity contribution in [3.8, 4) is 0 Å². The summed E-state index contributed by atoms with van der Waals surface area (Å²) in [6, 6.07) is 0. The average Bonchev–Trinajstić information content (AvgIpc) is 3.18. The molecule has 3 nitrogen and oxygen atoms in total. The predicted octanol–water partition coefficient (Wildman–Crippen LogP) is 3.09. The van der Waals surface area contributed by atoms with Gasteiger partial charge in [-0.2, -0.15) is 0 Å².